The lowest BCUT2D eigenvalue weighted by molar-refractivity contribution is -0.119. The van der Waals surface area contributed by atoms with Gasteiger partial charge in [0, 0.05) is 16.3 Å². The number of benzene rings is 1. The van der Waals surface area contributed by atoms with Crippen molar-refractivity contribution in [3.05, 3.63) is 50.6 Å². The average molecular weight is 391 g/mol. The maximum absolute atomic E-state index is 13.6. The fourth-order valence-electron chi connectivity index (χ4n) is 2.18. The van der Waals surface area contributed by atoms with E-state index in [4.69, 9.17) is 27.7 Å². The lowest BCUT2D eigenvalue weighted by atomic mass is 10.1. The quantitative estimate of drug-likeness (QED) is 0.716. The van der Waals surface area contributed by atoms with E-state index in [-0.39, 0.29) is 16.7 Å². The Kier molecular flexibility index (Phi) is 6.54. The normalized spacial score (nSPS) is 12.2. The number of carbonyl (C=O) groups excluding carboxylic acids is 1. The standard InChI is InChI=1S/C16H17Cl2FN2O2S/c1-8(11-4-15(19)14(18)5-13(11)17)20-16(22)7-24-6-12-9(2)21-23-10(12)3/h4-5,8H,6-7H2,1-3H3,(H,20,22). The van der Waals surface area contributed by atoms with Crippen LogP contribution < -0.4 is 5.32 Å². The number of aryl methyl sites for hydroxylation is 2. The predicted molar refractivity (Wildman–Crippen MR) is 95.1 cm³/mol. The van der Waals surface area contributed by atoms with Crippen molar-refractivity contribution in [1.29, 1.82) is 0 Å². The summed E-state index contributed by atoms with van der Waals surface area (Å²) in [5, 5.41) is 6.95. The molecule has 1 N–H and O–H groups in total. The molecule has 0 radical (unpaired) electrons. The lowest BCUT2D eigenvalue weighted by Gasteiger charge is -2.16. The van der Waals surface area contributed by atoms with E-state index < -0.39 is 11.9 Å². The highest BCUT2D eigenvalue weighted by molar-refractivity contribution is 7.99. The van der Waals surface area contributed by atoms with Crippen molar-refractivity contribution in [3.63, 3.8) is 0 Å². The van der Waals surface area contributed by atoms with Crippen LogP contribution in [0.15, 0.2) is 16.7 Å². The molecule has 4 nitrogen and oxygen atoms in total. The fraction of sp³-hybridized carbons (Fsp3) is 0.375. The second-order valence-electron chi connectivity index (χ2n) is 5.37. The van der Waals surface area contributed by atoms with E-state index >= 15 is 0 Å². The summed E-state index contributed by atoms with van der Waals surface area (Å²) in [4.78, 5) is 12.1. The topological polar surface area (TPSA) is 55.1 Å². The number of hydrogen-bond acceptors (Lipinski definition) is 4. The number of hydrogen-bond donors (Lipinski definition) is 1. The van der Waals surface area contributed by atoms with Crippen LogP contribution in [0.5, 0.6) is 0 Å². The van der Waals surface area contributed by atoms with Crippen LogP contribution in [0.25, 0.3) is 0 Å². The number of aromatic nitrogens is 1. The minimum absolute atomic E-state index is 0.0442. The summed E-state index contributed by atoms with van der Waals surface area (Å²) in [6.07, 6.45) is 0. The first-order valence-electron chi connectivity index (χ1n) is 7.23. The third kappa shape index (κ3) is 4.65. The van der Waals surface area contributed by atoms with Gasteiger partial charge in [-0.25, -0.2) is 4.39 Å². The Balaban J connectivity index is 1.89. The second-order valence-corrected chi connectivity index (χ2v) is 7.17. The van der Waals surface area contributed by atoms with Gasteiger partial charge in [-0.05, 0) is 38.5 Å². The van der Waals surface area contributed by atoms with Crippen LogP contribution in [-0.2, 0) is 10.5 Å². The van der Waals surface area contributed by atoms with Crippen molar-refractivity contribution in [3.8, 4) is 0 Å². The molecule has 0 aliphatic heterocycles. The molecule has 0 saturated heterocycles. The highest BCUT2D eigenvalue weighted by Crippen LogP contribution is 2.28. The van der Waals surface area contributed by atoms with Crippen LogP contribution in [0.2, 0.25) is 10.0 Å². The maximum Gasteiger partial charge on any atom is 0.230 e. The third-order valence-corrected chi connectivity index (χ3v) is 5.12. The molecule has 2 rings (SSSR count). The van der Waals surface area contributed by atoms with Crippen LogP contribution >= 0.6 is 35.0 Å². The Morgan fingerprint density at radius 1 is 1.38 bits per heavy atom. The zero-order valence-electron chi connectivity index (χ0n) is 13.5. The average Bonchev–Trinajstić information content (AvgIpc) is 2.82. The van der Waals surface area contributed by atoms with Gasteiger partial charge in [0.2, 0.25) is 5.91 Å². The smallest absolute Gasteiger partial charge is 0.230 e. The van der Waals surface area contributed by atoms with E-state index in [2.05, 4.69) is 10.5 Å². The molecular weight excluding hydrogens is 374 g/mol. The molecule has 24 heavy (non-hydrogen) atoms. The summed E-state index contributed by atoms with van der Waals surface area (Å²) < 4.78 is 18.7. The molecule has 1 aromatic heterocycles. The Bertz CT molecular complexity index is 732. The summed E-state index contributed by atoms with van der Waals surface area (Å²) >= 11 is 13.2. The van der Waals surface area contributed by atoms with Gasteiger partial charge < -0.3 is 9.84 Å². The number of rotatable bonds is 6. The lowest BCUT2D eigenvalue weighted by Crippen LogP contribution is -2.28. The molecule has 0 spiro atoms. The van der Waals surface area contributed by atoms with Gasteiger partial charge in [-0.2, -0.15) is 0 Å². The summed E-state index contributed by atoms with van der Waals surface area (Å²) in [5.41, 5.74) is 2.32. The number of amides is 1. The van der Waals surface area contributed by atoms with Crippen molar-refractivity contribution in [1.82, 2.24) is 10.5 Å². The number of carbonyl (C=O) groups is 1. The van der Waals surface area contributed by atoms with E-state index in [0.29, 0.717) is 16.3 Å². The SMILES string of the molecule is Cc1noc(C)c1CSCC(=O)NC(C)c1cc(F)c(Cl)cc1Cl. The van der Waals surface area contributed by atoms with Crippen molar-refractivity contribution in [2.24, 2.45) is 0 Å². The number of thioether (sulfide) groups is 1. The molecule has 1 unspecified atom stereocenters. The second kappa shape index (κ2) is 8.23. The minimum atomic E-state index is -0.565. The first kappa shape index (κ1) is 19.1. The van der Waals surface area contributed by atoms with E-state index in [0.717, 1.165) is 17.0 Å². The van der Waals surface area contributed by atoms with E-state index in [1.54, 1.807) is 6.92 Å². The summed E-state index contributed by atoms with van der Waals surface area (Å²) in [6.45, 7) is 5.45. The monoisotopic (exact) mass is 390 g/mol. The van der Waals surface area contributed by atoms with Crippen molar-refractivity contribution in [2.45, 2.75) is 32.6 Å². The van der Waals surface area contributed by atoms with Gasteiger partial charge in [0.05, 0.1) is 22.5 Å². The van der Waals surface area contributed by atoms with E-state index in [9.17, 15) is 9.18 Å². The molecular formula is C16H17Cl2FN2O2S. The van der Waals surface area contributed by atoms with Crippen LogP contribution in [-0.4, -0.2) is 16.8 Å². The molecule has 1 atom stereocenters. The Morgan fingerprint density at radius 3 is 2.71 bits per heavy atom. The largest absolute Gasteiger partial charge is 0.361 e. The molecule has 130 valence electrons. The molecule has 1 amide bonds. The van der Waals surface area contributed by atoms with Crippen LogP contribution in [0.1, 0.15) is 35.5 Å². The molecule has 0 aliphatic rings. The Morgan fingerprint density at radius 2 is 2.08 bits per heavy atom. The number of halogens is 3. The van der Waals surface area contributed by atoms with Gasteiger partial charge in [0.25, 0.3) is 0 Å². The predicted octanol–water partition coefficient (Wildman–Crippen LogP) is 4.85. The van der Waals surface area contributed by atoms with Gasteiger partial charge in [0.1, 0.15) is 11.6 Å². The van der Waals surface area contributed by atoms with Crippen molar-refractivity contribution < 1.29 is 13.7 Å². The zero-order valence-corrected chi connectivity index (χ0v) is 15.8. The fourth-order valence-corrected chi connectivity index (χ4v) is 3.72. The Labute approximate surface area is 154 Å². The number of nitrogens with one attached hydrogen (secondary N) is 1. The van der Waals surface area contributed by atoms with Gasteiger partial charge in [-0.15, -0.1) is 11.8 Å². The Hall–Kier alpha value is -1.24. The van der Waals surface area contributed by atoms with Gasteiger partial charge in [-0.1, -0.05) is 28.4 Å². The molecule has 0 bridgehead atoms. The summed E-state index contributed by atoms with van der Waals surface area (Å²) in [7, 11) is 0. The molecule has 1 aromatic carbocycles. The van der Waals surface area contributed by atoms with Crippen LogP contribution in [0, 0.1) is 19.7 Å². The molecule has 8 heteroatoms. The first-order chi connectivity index (χ1) is 11.3. The van der Waals surface area contributed by atoms with Gasteiger partial charge >= 0.3 is 0 Å². The van der Waals surface area contributed by atoms with Gasteiger partial charge in [0.15, 0.2) is 0 Å². The first-order valence-corrected chi connectivity index (χ1v) is 9.14. The zero-order chi connectivity index (χ0) is 17.9. The number of nitrogens with zero attached hydrogens (tertiary/aromatic N) is 1. The molecule has 0 aliphatic carbocycles. The van der Waals surface area contributed by atoms with Crippen LogP contribution in [0.4, 0.5) is 4.39 Å². The molecule has 2 aromatic rings. The molecule has 0 fully saturated rings. The van der Waals surface area contributed by atoms with Crippen molar-refractivity contribution in [2.75, 3.05) is 5.75 Å². The van der Waals surface area contributed by atoms with Crippen LogP contribution in [0.3, 0.4) is 0 Å². The molecule has 1 heterocycles. The van der Waals surface area contributed by atoms with E-state index in [1.807, 2.05) is 13.8 Å². The third-order valence-electron chi connectivity index (χ3n) is 3.54. The van der Waals surface area contributed by atoms with Gasteiger partial charge in [-0.3, -0.25) is 4.79 Å². The van der Waals surface area contributed by atoms with Crippen molar-refractivity contribution >= 4 is 40.9 Å². The minimum Gasteiger partial charge on any atom is -0.361 e. The molecule has 0 saturated carbocycles. The maximum atomic E-state index is 13.6. The van der Waals surface area contributed by atoms with E-state index in [1.165, 1.54) is 23.9 Å². The summed E-state index contributed by atoms with van der Waals surface area (Å²) in [6, 6.07) is 2.16. The highest BCUT2D eigenvalue weighted by Gasteiger charge is 2.16. The summed E-state index contributed by atoms with van der Waals surface area (Å²) in [5.74, 6) is 0.939. The highest BCUT2D eigenvalue weighted by atomic mass is 35.5.